The zero-order valence-corrected chi connectivity index (χ0v) is 11.4. The Morgan fingerprint density at radius 1 is 1.29 bits per heavy atom. The van der Waals surface area contributed by atoms with E-state index in [1.54, 1.807) is 6.26 Å². The molecule has 0 spiro atoms. The van der Waals surface area contributed by atoms with Gasteiger partial charge in [-0.3, -0.25) is 0 Å². The molecular formula is C14H16BrNO. The van der Waals surface area contributed by atoms with Crippen LogP contribution in [0.3, 0.4) is 0 Å². The van der Waals surface area contributed by atoms with Gasteiger partial charge in [0.25, 0.3) is 0 Å². The van der Waals surface area contributed by atoms with Gasteiger partial charge >= 0.3 is 0 Å². The Balaban J connectivity index is 1.83. The van der Waals surface area contributed by atoms with Gasteiger partial charge in [-0.2, -0.15) is 0 Å². The molecular weight excluding hydrogens is 278 g/mol. The van der Waals surface area contributed by atoms with Gasteiger partial charge < -0.3 is 9.73 Å². The minimum atomic E-state index is 0.350. The van der Waals surface area contributed by atoms with Crippen LogP contribution in [0.2, 0.25) is 0 Å². The monoisotopic (exact) mass is 293 g/mol. The summed E-state index contributed by atoms with van der Waals surface area (Å²) in [5, 5.41) is 3.48. The summed E-state index contributed by atoms with van der Waals surface area (Å²) in [7, 11) is 0. The van der Waals surface area contributed by atoms with E-state index < -0.39 is 0 Å². The zero-order valence-electron chi connectivity index (χ0n) is 9.82. The van der Waals surface area contributed by atoms with E-state index in [0.29, 0.717) is 6.04 Å². The first-order valence-electron chi connectivity index (χ1n) is 5.77. The van der Waals surface area contributed by atoms with Crippen molar-refractivity contribution in [2.45, 2.75) is 19.4 Å². The van der Waals surface area contributed by atoms with E-state index in [1.165, 1.54) is 5.56 Å². The minimum absolute atomic E-state index is 0.350. The first kappa shape index (κ1) is 12.4. The summed E-state index contributed by atoms with van der Waals surface area (Å²) in [5.74, 6) is 1.03. The molecule has 90 valence electrons. The molecule has 0 saturated heterocycles. The van der Waals surface area contributed by atoms with E-state index in [-0.39, 0.29) is 0 Å². The van der Waals surface area contributed by atoms with Crippen LogP contribution < -0.4 is 5.32 Å². The molecule has 2 aromatic rings. The van der Waals surface area contributed by atoms with Gasteiger partial charge in [-0.1, -0.05) is 28.1 Å². The van der Waals surface area contributed by atoms with E-state index in [1.807, 2.05) is 18.2 Å². The largest absolute Gasteiger partial charge is 0.469 e. The number of benzene rings is 1. The maximum absolute atomic E-state index is 5.29. The normalized spacial score (nSPS) is 12.6. The molecule has 17 heavy (non-hydrogen) atoms. The van der Waals surface area contributed by atoms with E-state index in [9.17, 15) is 0 Å². The van der Waals surface area contributed by atoms with Crippen LogP contribution in [-0.2, 0) is 6.42 Å². The molecule has 0 fully saturated rings. The smallest absolute Gasteiger partial charge is 0.105 e. The third-order valence-electron chi connectivity index (χ3n) is 2.75. The maximum atomic E-state index is 5.29. The predicted octanol–water partition coefficient (Wildman–Crippen LogP) is 3.94. The van der Waals surface area contributed by atoms with Gasteiger partial charge in [0.05, 0.1) is 6.26 Å². The number of furan rings is 1. The molecule has 0 aliphatic heterocycles. The topological polar surface area (TPSA) is 25.2 Å². The molecule has 1 heterocycles. The van der Waals surface area contributed by atoms with Crippen LogP contribution in [0.1, 0.15) is 24.3 Å². The van der Waals surface area contributed by atoms with Crippen molar-refractivity contribution in [2.24, 2.45) is 0 Å². The summed E-state index contributed by atoms with van der Waals surface area (Å²) in [4.78, 5) is 0. The molecule has 1 N–H and O–H groups in total. The van der Waals surface area contributed by atoms with E-state index in [4.69, 9.17) is 4.42 Å². The number of hydrogen-bond acceptors (Lipinski definition) is 2. The van der Waals surface area contributed by atoms with Crippen LogP contribution in [0.5, 0.6) is 0 Å². The molecule has 0 saturated carbocycles. The van der Waals surface area contributed by atoms with Crippen LogP contribution in [-0.4, -0.2) is 6.54 Å². The van der Waals surface area contributed by atoms with Crippen molar-refractivity contribution in [3.05, 3.63) is 58.5 Å². The quantitative estimate of drug-likeness (QED) is 0.903. The number of nitrogens with one attached hydrogen (secondary N) is 1. The van der Waals surface area contributed by atoms with Crippen LogP contribution in [0.25, 0.3) is 0 Å². The van der Waals surface area contributed by atoms with Gasteiger partial charge in [0.15, 0.2) is 0 Å². The van der Waals surface area contributed by atoms with Crippen LogP contribution >= 0.6 is 15.9 Å². The molecule has 1 atom stereocenters. The summed E-state index contributed by atoms with van der Waals surface area (Å²) >= 11 is 3.49. The molecule has 0 aliphatic rings. The lowest BCUT2D eigenvalue weighted by Gasteiger charge is -2.14. The summed E-state index contributed by atoms with van der Waals surface area (Å²) in [6.45, 7) is 3.09. The van der Waals surface area contributed by atoms with Crippen molar-refractivity contribution in [1.29, 1.82) is 0 Å². The molecule has 0 amide bonds. The van der Waals surface area contributed by atoms with Crippen molar-refractivity contribution in [2.75, 3.05) is 6.54 Å². The average Bonchev–Trinajstić information content (AvgIpc) is 2.82. The average molecular weight is 294 g/mol. The van der Waals surface area contributed by atoms with E-state index in [0.717, 1.165) is 23.2 Å². The van der Waals surface area contributed by atoms with Gasteiger partial charge in [0, 0.05) is 23.5 Å². The molecule has 2 nitrogen and oxygen atoms in total. The Kier molecular flexibility index (Phi) is 4.40. The van der Waals surface area contributed by atoms with Crippen LogP contribution in [0, 0.1) is 0 Å². The standard InChI is InChI=1S/C14H16BrNO/c1-11(12-4-2-5-13(15)10-12)16-8-7-14-6-3-9-17-14/h2-6,9-11,16H,7-8H2,1H3. The van der Waals surface area contributed by atoms with Gasteiger partial charge in [-0.25, -0.2) is 0 Å². The zero-order chi connectivity index (χ0) is 12.1. The van der Waals surface area contributed by atoms with Gasteiger partial charge in [0.1, 0.15) is 5.76 Å². The predicted molar refractivity (Wildman–Crippen MR) is 73.0 cm³/mol. The number of hydrogen-bond donors (Lipinski definition) is 1. The van der Waals surface area contributed by atoms with Crippen LogP contribution in [0.15, 0.2) is 51.6 Å². The second-order valence-corrected chi connectivity index (χ2v) is 4.98. The molecule has 1 aromatic carbocycles. The molecule has 0 bridgehead atoms. The maximum Gasteiger partial charge on any atom is 0.105 e. The third kappa shape index (κ3) is 3.72. The lowest BCUT2D eigenvalue weighted by Crippen LogP contribution is -2.21. The van der Waals surface area contributed by atoms with Crippen molar-refractivity contribution in [1.82, 2.24) is 5.32 Å². The highest BCUT2D eigenvalue weighted by atomic mass is 79.9. The highest BCUT2D eigenvalue weighted by Crippen LogP contribution is 2.17. The summed E-state index contributed by atoms with van der Waals surface area (Å²) in [6.07, 6.45) is 2.64. The first-order valence-corrected chi connectivity index (χ1v) is 6.56. The van der Waals surface area contributed by atoms with E-state index >= 15 is 0 Å². The second kappa shape index (κ2) is 6.03. The molecule has 3 heteroatoms. The SMILES string of the molecule is CC(NCCc1ccco1)c1cccc(Br)c1. The van der Waals surface area contributed by atoms with Gasteiger partial charge in [-0.15, -0.1) is 0 Å². The summed E-state index contributed by atoms with van der Waals surface area (Å²) in [6, 6.07) is 12.7. The second-order valence-electron chi connectivity index (χ2n) is 4.06. The lowest BCUT2D eigenvalue weighted by molar-refractivity contribution is 0.486. The Morgan fingerprint density at radius 3 is 2.88 bits per heavy atom. The molecule has 0 radical (unpaired) electrons. The Labute approximate surface area is 110 Å². The molecule has 2 rings (SSSR count). The fourth-order valence-electron chi connectivity index (χ4n) is 1.76. The van der Waals surface area contributed by atoms with Crippen molar-refractivity contribution >= 4 is 15.9 Å². The first-order chi connectivity index (χ1) is 8.25. The third-order valence-corrected chi connectivity index (χ3v) is 3.24. The highest BCUT2D eigenvalue weighted by Gasteiger charge is 2.05. The van der Waals surface area contributed by atoms with E-state index in [2.05, 4.69) is 46.4 Å². The Hall–Kier alpha value is -1.06. The van der Waals surface area contributed by atoms with Crippen molar-refractivity contribution in [3.63, 3.8) is 0 Å². The number of halogens is 1. The molecule has 1 aromatic heterocycles. The van der Waals surface area contributed by atoms with Gasteiger partial charge in [0.2, 0.25) is 0 Å². The highest BCUT2D eigenvalue weighted by molar-refractivity contribution is 9.10. The summed E-state index contributed by atoms with van der Waals surface area (Å²) in [5.41, 5.74) is 1.29. The lowest BCUT2D eigenvalue weighted by atomic mass is 10.1. The van der Waals surface area contributed by atoms with Crippen molar-refractivity contribution < 1.29 is 4.42 Å². The molecule has 0 aliphatic carbocycles. The summed E-state index contributed by atoms with van der Waals surface area (Å²) < 4.78 is 6.41. The Bertz CT molecular complexity index is 453. The molecule has 1 unspecified atom stereocenters. The Morgan fingerprint density at radius 2 is 2.18 bits per heavy atom. The fourth-order valence-corrected chi connectivity index (χ4v) is 2.18. The van der Waals surface area contributed by atoms with Crippen molar-refractivity contribution in [3.8, 4) is 0 Å². The van der Waals surface area contributed by atoms with Gasteiger partial charge in [-0.05, 0) is 36.8 Å². The fraction of sp³-hybridized carbons (Fsp3) is 0.286. The number of rotatable bonds is 5. The minimum Gasteiger partial charge on any atom is -0.469 e. The van der Waals surface area contributed by atoms with Crippen LogP contribution in [0.4, 0.5) is 0 Å².